The van der Waals surface area contributed by atoms with E-state index in [4.69, 9.17) is 4.74 Å². The van der Waals surface area contributed by atoms with Gasteiger partial charge in [0.2, 0.25) is 0 Å². The molecule has 6 heteroatoms. The Morgan fingerprint density at radius 1 is 1.26 bits per heavy atom. The average Bonchev–Trinajstić information content (AvgIpc) is 2.58. The minimum atomic E-state index is -0.744. The summed E-state index contributed by atoms with van der Waals surface area (Å²) in [7, 11) is 0. The van der Waals surface area contributed by atoms with Crippen LogP contribution in [0.5, 0.6) is 17.2 Å². The van der Waals surface area contributed by atoms with Gasteiger partial charge in [-0.2, -0.15) is 0 Å². The highest BCUT2D eigenvalue weighted by Gasteiger charge is 2.41. The highest BCUT2D eigenvalue weighted by Crippen LogP contribution is 2.42. The number of benzene rings is 1. The van der Waals surface area contributed by atoms with Gasteiger partial charge in [-0.05, 0) is 25.3 Å². The molecule has 0 aliphatic carbocycles. The van der Waals surface area contributed by atoms with Gasteiger partial charge in [0.1, 0.15) is 23.4 Å². The zero-order chi connectivity index (χ0) is 20.4. The molecule has 0 radical (unpaired) electrons. The molecule has 1 aromatic rings. The van der Waals surface area contributed by atoms with Crippen LogP contribution in [0.2, 0.25) is 0 Å². The van der Waals surface area contributed by atoms with Gasteiger partial charge in [-0.25, -0.2) is 0 Å². The average molecular weight is 382 g/mol. The summed E-state index contributed by atoms with van der Waals surface area (Å²) in [5, 5.41) is 44.2. The number of rotatable bonds is 8. The Morgan fingerprint density at radius 2 is 1.93 bits per heavy atom. The van der Waals surface area contributed by atoms with Gasteiger partial charge in [-0.15, -0.1) is 0 Å². The number of aliphatic hydroxyl groups excluding tert-OH is 1. The molecule has 1 aliphatic rings. The number of hydrogen-bond donors (Lipinski definition) is 5. The van der Waals surface area contributed by atoms with Crippen LogP contribution in [-0.2, 0) is 6.42 Å². The predicted molar refractivity (Wildman–Crippen MR) is 105 cm³/mol. The van der Waals surface area contributed by atoms with Crippen LogP contribution in [0.25, 0.3) is 0 Å². The Hall–Kier alpha value is -1.50. The molecular formula is C21H35NO5. The summed E-state index contributed by atoms with van der Waals surface area (Å²) in [5.41, 5.74) is -0.540. The largest absolute Gasteiger partial charge is 0.508 e. The summed E-state index contributed by atoms with van der Waals surface area (Å²) in [6, 6.07) is 2.74. The molecule has 154 valence electrons. The fraction of sp³-hybridized carbons (Fsp3) is 0.714. The van der Waals surface area contributed by atoms with Crippen molar-refractivity contribution < 1.29 is 25.2 Å². The van der Waals surface area contributed by atoms with Gasteiger partial charge in [0, 0.05) is 36.1 Å². The fourth-order valence-electron chi connectivity index (χ4n) is 3.73. The lowest BCUT2D eigenvalue weighted by Crippen LogP contribution is -2.49. The number of nitrogens with one attached hydrogen (secondary N) is 1. The summed E-state index contributed by atoms with van der Waals surface area (Å²) in [4.78, 5) is 0. The Kier molecular flexibility index (Phi) is 6.66. The van der Waals surface area contributed by atoms with Crippen molar-refractivity contribution in [2.45, 2.75) is 71.7 Å². The van der Waals surface area contributed by atoms with Crippen LogP contribution < -0.4 is 10.1 Å². The molecule has 1 heterocycles. The van der Waals surface area contributed by atoms with Crippen LogP contribution in [-0.4, -0.2) is 51.3 Å². The van der Waals surface area contributed by atoms with Crippen molar-refractivity contribution in [2.24, 2.45) is 11.3 Å². The lowest BCUT2D eigenvalue weighted by molar-refractivity contribution is -0.0500. The second kappa shape index (κ2) is 8.25. The van der Waals surface area contributed by atoms with E-state index in [1.165, 1.54) is 12.1 Å². The number of hydrogen-bond acceptors (Lipinski definition) is 6. The number of ether oxygens (including phenoxy) is 1. The summed E-state index contributed by atoms with van der Waals surface area (Å²) >= 11 is 0. The number of aliphatic hydroxyl groups is 2. The first-order valence-corrected chi connectivity index (χ1v) is 9.83. The first kappa shape index (κ1) is 21.8. The van der Waals surface area contributed by atoms with Crippen molar-refractivity contribution in [3.8, 4) is 17.2 Å². The molecule has 6 nitrogen and oxygen atoms in total. The Balaban J connectivity index is 2.00. The van der Waals surface area contributed by atoms with E-state index in [2.05, 4.69) is 5.32 Å². The highest BCUT2D eigenvalue weighted by molar-refractivity contribution is 5.51. The van der Waals surface area contributed by atoms with Crippen molar-refractivity contribution >= 4 is 0 Å². The van der Waals surface area contributed by atoms with Crippen LogP contribution in [0.15, 0.2) is 12.1 Å². The molecule has 0 spiro atoms. The first-order valence-electron chi connectivity index (χ1n) is 9.83. The van der Waals surface area contributed by atoms with Crippen LogP contribution in [0, 0.1) is 11.3 Å². The minimum absolute atomic E-state index is 0.0606. The van der Waals surface area contributed by atoms with Gasteiger partial charge in [0.15, 0.2) is 0 Å². The van der Waals surface area contributed by atoms with Crippen molar-refractivity contribution in [3.05, 3.63) is 17.7 Å². The predicted octanol–water partition coefficient (Wildman–Crippen LogP) is 2.57. The molecule has 0 saturated heterocycles. The molecule has 0 saturated carbocycles. The molecule has 5 N–H and O–H groups in total. The molecule has 0 fully saturated rings. The summed E-state index contributed by atoms with van der Waals surface area (Å²) in [5.74, 6) is 0.468. The van der Waals surface area contributed by atoms with Gasteiger partial charge in [-0.3, -0.25) is 0 Å². The zero-order valence-corrected chi connectivity index (χ0v) is 17.1. The van der Waals surface area contributed by atoms with Crippen LogP contribution >= 0.6 is 0 Å². The zero-order valence-electron chi connectivity index (χ0n) is 17.1. The third-order valence-corrected chi connectivity index (χ3v) is 6.02. The van der Waals surface area contributed by atoms with Crippen molar-refractivity contribution in [1.29, 1.82) is 0 Å². The molecule has 2 rings (SSSR count). The molecule has 0 aromatic heterocycles. The van der Waals surface area contributed by atoms with Crippen LogP contribution in [0.1, 0.15) is 53.0 Å². The van der Waals surface area contributed by atoms with Gasteiger partial charge in [-0.1, -0.05) is 34.6 Å². The Morgan fingerprint density at radius 3 is 2.52 bits per heavy atom. The lowest BCUT2D eigenvalue weighted by atomic mass is 9.77. The summed E-state index contributed by atoms with van der Waals surface area (Å²) in [6.07, 6.45) is 0.517. The third kappa shape index (κ3) is 4.86. The smallest absolute Gasteiger partial charge is 0.130 e. The number of fused-ring (bicyclic) bond motifs is 1. The number of phenols is 2. The van der Waals surface area contributed by atoms with Gasteiger partial charge >= 0.3 is 0 Å². The quantitative estimate of drug-likeness (QED) is 0.444. The molecule has 0 bridgehead atoms. The minimum Gasteiger partial charge on any atom is -0.508 e. The van der Waals surface area contributed by atoms with E-state index < -0.39 is 17.8 Å². The maximum absolute atomic E-state index is 10.6. The summed E-state index contributed by atoms with van der Waals surface area (Å²) < 4.78 is 5.98. The molecular weight excluding hydrogens is 346 g/mol. The van der Waals surface area contributed by atoms with E-state index in [0.717, 1.165) is 6.42 Å². The van der Waals surface area contributed by atoms with E-state index >= 15 is 0 Å². The van der Waals surface area contributed by atoms with E-state index in [0.29, 0.717) is 30.8 Å². The topological polar surface area (TPSA) is 102 Å². The Labute approximate surface area is 162 Å². The maximum Gasteiger partial charge on any atom is 0.130 e. The molecule has 27 heavy (non-hydrogen) atoms. The second-order valence-electron chi connectivity index (χ2n) is 8.78. The monoisotopic (exact) mass is 381 g/mol. The van der Waals surface area contributed by atoms with Crippen molar-refractivity contribution in [3.63, 3.8) is 0 Å². The SMILES string of the molecule is CCC(O)(CNCCC(C)(C)C1Oc2cc(O)cc(O)c2CC1O)C(C)C. The molecule has 3 unspecified atom stereocenters. The maximum atomic E-state index is 10.6. The fourth-order valence-corrected chi connectivity index (χ4v) is 3.73. The van der Waals surface area contributed by atoms with Crippen LogP contribution in [0.3, 0.4) is 0 Å². The molecule has 3 atom stereocenters. The van der Waals surface area contributed by atoms with Gasteiger partial charge in [0.05, 0.1) is 11.7 Å². The second-order valence-corrected chi connectivity index (χ2v) is 8.78. The van der Waals surface area contributed by atoms with Gasteiger partial charge < -0.3 is 30.5 Å². The lowest BCUT2D eigenvalue weighted by Gasteiger charge is -2.41. The normalized spacial score (nSPS) is 22.2. The van der Waals surface area contributed by atoms with Crippen molar-refractivity contribution in [2.75, 3.05) is 13.1 Å². The molecule has 1 aliphatic heterocycles. The third-order valence-electron chi connectivity index (χ3n) is 6.02. The van der Waals surface area contributed by atoms with Crippen LogP contribution in [0.4, 0.5) is 0 Å². The highest BCUT2D eigenvalue weighted by atomic mass is 16.5. The van der Waals surface area contributed by atoms with E-state index in [1.807, 2.05) is 34.6 Å². The van der Waals surface area contributed by atoms with E-state index in [1.54, 1.807) is 0 Å². The standard InChI is InChI=1S/C21H35NO5/c1-6-21(26,13(2)3)12-22-8-7-20(4,5)19-17(25)11-15-16(24)9-14(23)10-18(15)27-19/h9-10,13,17,19,22-26H,6-8,11-12H2,1-5H3. The van der Waals surface area contributed by atoms with Crippen molar-refractivity contribution in [1.82, 2.24) is 5.32 Å². The van der Waals surface area contributed by atoms with Gasteiger partial charge in [0.25, 0.3) is 0 Å². The molecule has 0 amide bonds. The number of aromatic hydroxyl groups is 2. The van der Waals surface area contributed by atoms with E-state index in [9.17, 15) is 20.4 Å². The number of phenolic OH excluding ortho intramolecular Hbond substituents is 2. The molecule has 1 aromatic carbocycles. The Bertz CT molecular complexity index is 646. The first-order chi connectivity index (χ1) is 12.5. The van der Waals surface area contributed by atoms with E-state index in [-0.39, 0.29) is 29.3 Å². The summed E-state index contributed by atoms with van der Waals surface area (Å²) in [6.45, 7) is 11.3.